The highest BCUT2D eigenvalue weighted by molar-refractivity contribution is 7.92. The first-order chi connectivity index (χ1) is 19.6. The van der Waals surface area contributed by atoms with Gasteiger partial charge >= 0.3 is 0 Å². The van der Waals surface area contributed by atoms with Crippen LogP contribution in [-0.4, -0.2) is 39.8 Å². The highest BCUT2D eigenvalue weighted by atomic mass is 35.5. The molecule has 8 nitrogen and oxygen atoms in total. The number of rotatable bonds is 7. The Balaban J connectivity index is 0.000000572. The van der Waals surface area contributed by atoms with Gasteiger partial charge in [0.15, 0.2) is 16.6 Å². The molecule has 0 saturated heterocycles. The van der Waals surface area contributed by atoms with Crippen LogP contribution in [0.15, 0.2) is 91.0 Å². The van der Waals surface area contributed by atoms with E-state index in [0.717, 1.165) is 6.26 Å². The van der Waals surface area contributed by atoms with E-state index in [4.69, 9.17) is 32.7 Å². The molecule has 0 atom stereocenters. The number of nitrogens with zero attached hydrogens (tertiary/aromatic N) is 2. The molecular formula is C29H25Cl2N3O5S2. The summed E-state index contributed by atoms with van der Waals surface area (Å²) in [5.41, 5.74) is 1.35. The summed E-state index contributed by atoms with van der Waals surface area (Å²) < 4.78 is 37.6. The Kier molecular flexibility index (Phi) is 9.72. The minimum atomic E-state index is -3.54. The van der Waals surface area contributed by atoms with Crippen molar-refractivity contribution in [3.05, 3.63) is 107 Å². The van der Waals surface area contributed by atoms with Crippen LogP contribution in [-0.2, 0) is 10.0 Å². The van der Waals surface area contributed by atoms with Gasteiger partial charge in [0, 0.05) is 11.1 Å². The molecule has 0 saturated carbocycles. The molecule has 41 heavy (non-hydrogen) atoms. The van der Waals surface area contributed by atoms with Crippen LogP contribution >= 0.6 is 34.5 Å². The van der Waals surface area contributed by atoms with Crippen molar-refractivity contribution in [2.45, 2.75) is 0 Å². The van der Waals surface area contributed by atoms with E-state index in [1.54, 1.807) is 42.5 Å². The lowest BCUT2D eigenvalue weighted by molar-refractivity contribution is 0.0999. The molecule has 0 spiro atoms. The number of aromatic nitrogens is 1. The van der Waals surface area contributed by atoms with Gasteiger partial charge in [0.1, 0.15) is 5.52 Å². The number of carbonyl (C=O) groups is 1. The number of para-hydroxylation sites is 1. The molecule has 1 heterocycles. The number of carbonyl (C=O) groups excluding carboxylic acids is 1. The van der Waals surface area contributed by atoms with Crippen LogP contribution in [0.2, 0.25) is 10.0 Å². The molecule has 1 amide bonds. The van der Waals surface area contributed by atoms with E-state index >= 15 is 0 Å². The average Bonchev–Trinajstić information content (AvgIpc) is 3.38. The van der Waals surface area contributed by atoms with Crippen LogP contribution in [0.5, 0.6) is 11.5 Å². The predicted octanol–water partition coefficient (Wildman–Crippen LogP) is 7.66. The first kappa shape index (κ1) is 30.1. The Morgan fingerprint density at radius 3 is 2.12 bits per heavy atom. The SMILES string of the molecule is COc1ccc(N(C(=O)c2ccc(Cl)cc2Cl)c2nc3c(NS(C)(=O)=O)cccc3s2)cc1OC.c1ccccc1. The largest absolute Gasteiger partial charge is 0.493 e. The van der Waals surface area contributed by atoms with E-state index in [2.05, 4.69) is 9.71 Å². The normalized spacial score (nSPS) is 10.9. The molecular weight excluding hydrogens is 605 g/mol. The van der Waals surface area contributed by atoms with Crippen molar-refractivity contribution in [1.29, 1.82) is 0 Å². The Hall–Kier alpha value is -3.83. The Morgan fingerprint density at radius 1 is 0.878 bits per heavy atom. The molecule has 1 N–H and O–H groups in total. The summed E-state index contributed by atoms with van der Waals surface area (Å²) >= 11 is 13.6. The zero-order valence-electron chi connectivity index (χ0n) is 22.2. The topological polar surface area (TPSA) is 97.8 Å². The van der Waals surface area contributed by atoms with Crippen molar-refractivity contribution in [2.75, 3.05) is 30.1 Å². The van der Waals surface area contributed by atoms with E-state index in [-0.39, 0.29) is 10.6 Å². The van der Waals surface area contributed by atoms with Crippen molar-refractivity contribution in [3.63, 3.8) is 0 Å². The van der Waals surface area contributed by atoms with Gasteiger partial charge in [-0.1, -0.05) is 77.0 Å². The molecule has 0 bridgehead atoms. The van der Waals surface area contributed by atoms with Gasteiger partial charge in [-0.25, -0.2) is 13.4 Å². The zero-order valence-corrected chi connectivity index (χ0v) is 25.3. The van der Waals surface area contributed by atoms with Gasteiger partial charge in [0.25, 0.3) is 5.91 Å². The van der Waals surface area contributed by atoms with Crippen LogP contribution in [0.3, 0.4) is 0 Å². The maximum absolute atomic E-state index is 13.8. The summed E-state index contributed by atoms with van der Waals surface area (Å²) in [4.78, 5) is 19.8. The van der Waals surface area contributed by atoms with Crippen molar-refractivity contribution < 1.29 is 22.7 Å². The number of nitrogens with one attached hydrogen (secondary N) is 1. The van der Waals surface area contributed by atoms with E-state index in [1.165, 1.54) is 42.6 Å². The Bertz CT molecular complexity index is 1750. The lowest BCUT2D eigenvalue weighted by Gasteiger charge is -2.22. The highest BCUT2D eigenvalue weighted by Gasteiger charge is 2.27. The van der Waals surface area contributed by atoms with Crippen molar-refractivity contribution in [3.8, 4) is 11.5 Å². The van der Waals surface area contributed by atoms with Gasteiger partial charge in [-0.15, -0.1) is 0 Å². The highest BCUT2D eigenvalue weighted by Crippen LogP contribution is 2.40. The molecule has 12 heteroatoms. The summed E-state index contributed by atoms with van der Waals surface area (Å²) in [6, 6.07) is 26.7. The zero-order chi connectivity index (χ0) is 29.6. The quantitative estimate of drug-likeness (QED) is 0.198. The molecule has 0 radical (unpaired) electrons. The van der Waals surface area contributed by atoms with Crippen LogP contribution in [0.1, 0.15) is 10.4 Å². The van der Waals surface area contributed by atoms with Crippen molar-refractivity contribution >= 4 is 77.2 Å². The van der Waals surface area contributed by atoms with E-state index in [0.29, 0.717) is 43.2 Å². The standard InChI is InChI=1S/C23H19Cl2N3O5S2.C6H6/c1-32-18-10-8-14(12-19(18)33-2)28(22(29)15-9-7-13(24)11-16(15)25)23-26-21-17(27-35(3,30)31)5-4-6-20(21)34-23;1-2-4-6-5-3-1/h4-12,27H,1-3H3;1-6H. The average molecular weight is 631 g/mol. The number of anilines is 3. The summed E-state index contributed by atoms with van der Waals surface area (Å²) in [5, 5.41) is 0.861. The molecule has 0 fully saturated rings. The van der Waals surface area contributed by atoms with Crippen LogP contribution in [0.4, 0.5) is 16.5 Å². The fourth-order valence-electron chi connectivity index (χ4n) is 3.76. The summed E-state index contributed by atoms with van der Waals surface area (Å²) in [6.07, 6.45) is 1.06. The third-order valence-electron chi connectivity index (χ3n) is 5.55. The number of fused-ring (bicyclic) bond motifs is 1. The van der Waals surface area contributed by atoms with Gasteiger partial charge in [-0.2, -0.15) is 0 Å². The van der Waals surface area contributed by atoms with Crippen LogP contribution < -0.4 is 19.1 Å². The second-order valence-electron chi connectivity index (χ2n) is 8.48. The lowest BCUT2D eigenvalue weighted by Crippen LogP contribution is -2.26. The third-order valence-corrected chi connectivity index (χ3v) is 7.70. The van der Waals surface area contributed by atoms with Crippen molar-refractivity contribution in [1.82, 2.24) is 4.98 Å². The molecule has 1 aromatic heterocycles. The first-order valence-electron chi connectivity index (χ1n) is 12.0. The lowest BCUT2D eigenvalue weighted by atomic mass is 10.1. The summed E-state index contributed by atoms with van der Waals surface area (Å²) in [5.74, 6) is 0.429. The maximum Gasteiger partial charge on any atom is 0.266 e. The molecule has 0 aliphatic rings. The number of amides is 1. The molecule has 5 aromatic rings. The maximum atomic E-state index is 13.8. The smallest absolute Gasteiger partial charge is 0.266 e. The number of benzene rings is 4. The molecule has 5 rings (SSSR count). The van der Waals surface area contributed by atoms with Crippen LogP contribution in [0.25, 0.3) is 10.2 Å². The molecule has 0 aliphatic carbocycles. The Labute approximate surface area is 252 Å². The number of thiazole rings is 1. The van der Waals surface area contributed by atoms with Gasteiger partial charge < -0.3 is 9.47 Å². The second-order valence-corrected chi connectivity index (χ2v) is 12.1. The minimum absolute atomic E-state index is 0.175. The predicted molar refractivity (Wildman–Crippen MR) is 167 cm³/mol. The molecule has 0 aliphatic heterocycles. The van der Waals surface area contributed by atoms with E-state index in [1.807, 2.05) is 36.4 Å². The summed E-state index contributed by atoms with van der Waals surface area (Å²) in [7, 11) is -0.541. The summed E-state index contributed by atoms with van der Waals surface area (Å²) in [6.45, 7) is 0. The number of hydrogen-bond acceptors (Lipinski definition) is 7. The van der Waals surface area contributed by atoms with Crippen molar-refractivity contribution in [2.24, 2.45) is 0 Å². The number of ether oxygens (including phenoxy) is 2. The van der Waals surface area contributed by atoms with E-state index in [9.17, 15) is 13.2 Å². The number of halogens is 2. The fraction of sp³-hybridized carbons (Fsp3) is 0.103. The number of methoxy groups -OCH3 is 2. The second kappa shape index (κ2) is 13.2. The van der Waals surface area contributed by atoms with E-state index < -0.39 is 15.9 Å². The van der Waals surface area contributed by atoms with Gasteiger partial charge in [0.05, 0.1) is 47.1 Å². The van der Waals surface area contributed by atoms with Gasteiger partial charge in [-0.3, -0.25) is 14.4 Å². The van der Waals surface area contributed by atoms with Gasteiger partial charge in [-0.05, 0) is 42.5 Å². The van der Waals surface area contributed by atoms with Gasteiger partial charge in [0.2, 0.25) is 10.0 Å². The van der Waals surface area contributed by atoms with Crippen LogP contribution in [0, 0.1) is 0 Å². The third kappa shape index (κ3) is 7.47. The minimum Gasteiger partial charge on any atom is -0.493 e. The number of hydrogen-bond donors (Lipinski definition) is 1. The molecule has 4 aromatic carbocycles. The Morgan fingerprint density at radius 2 is 1.54 bits per heavy atom. The molecule has 212 valence electrons. The first-order valence-corrected chi connectivity index (χ1v) is 15.5. The fourth-order valence-corrected chi connectivity index (χ4v) is 5.83. The monoisotopic (exact) mass is 629 g/mol. The number of sulfonamides is 1. The molecule has 0 unspecified atom stereocenters.